The highest BCUT2D eigenvalue weighted by Gasteiger charge is 2.15. The van der Waals surface area contributed by atoms with Crippen molar-refractivity contribution >= 4 is 0 Å². The molecule has 0 radical (unpaired) electrons. The first kappa shape index (κ1) is 11.0. The van der Waals surface area contributed by atoms with E-state index in [0.29, 0.717) is 0 Å². The summed E-state index contributed by atoms with van der Waals surface area (Å²) in [6.07, 6.45) is 10.1. The zero-order valence-corrected chi connectivity index (χ0v) is 9.39. The highest BCUT2D eigenvalue weighted by atomic mass is 15.1. The highest BCUT2D eigenvalue weighted by Crippen LogP contribution is 2.21. The lowest BCUT2D eigenvalue weighted by Gasteiger charge is -2.29. The van der Waals surface area contributed by atoms with Crippen molar-refractivity contribution in [3.63, 3.8) is 0 Å². The molecule has 1 rings (SSSR count). The fraction of sp³-hybridized carbons (Fsp3) is 1.00. The Labute approximate surface area is 83.5 Å². The van der Waals surface area contributed by atoms with Gasteiger partial charge in [-0.3, -0.25) is 0 Å². The molecule has 1 aliphatic heterocycles. The fourth-order valence-electron chi connectivity index (χ4n) is 2.37. The quantitative estimate of drug-likeness (QED) is 0.591. The van der Waals surface area contributed by atoms with Crippen LogP contribution >= 0.6 is 0 Å². The molecule has 0 bridgehead atoms. The van der Waals surface area contributed by atoms with Crippen LogP contribution in [0.25, 0.3) is 0 Å². The molecule has 0 aromatic carbocycles. The van der Waals surface area contributed by atoms with Crippen molar-refractivity contribution in [2.75, 3.05) is 20.1 Å². The van der Waals surface area contributed by atoms with Crippen LogP contribution in [0, 0.1) is 5.92 Å². The van der Waals surface area contributed by atoms with Gasteiger partial charge in [0.25, 0.3) is 0 Å². The molecule has 1 heterocycles. The van der Waals surface area contributed by atoms with Crippen LogP contribution in [0.3, 0.4) is 0 Å². The third-order valence-electron chi connectivity index (χ3n) is 3.19. The van der Waals surface area contributed by atoms with Gasteiger partial charge >= 0.3 is 0 Å². The molecule has 0 aromatic rings. The van der Waals surface area contributed by atoms with E-state index in [0.717, 1.165) is 5.92 Å². The lowest BCUT2D eigenvalue weighted by molar-refractivity contribution is 0.199. The van der Waals surface area contributed by atoms with E-state index in [-0.39, 0.29) is 0 Å². The molecule has 13 heavy (non-hydrogen) atoms. The Morgan fingerprint density at radius 3 is 2.77 bits per heavy atom. The second-order valence-corrected chi connectivity index (χ2v) is 4.62. The maximum Gasteiger partial charge on any atom is 0.000661 e. The molecular formula is C12H25N. The number of nitrogens with zero attached hydrogens (tertiary/aromatic N) is 1. The molecule has 0 aromatic heterocycles. The van der Waals surface area contributed by atoms with E-state index < -0.39 is 0 Å². The Hall–Kier alpha value is -0.0400. The van der Waals surface area contributed by atoms with E-state index in [9.17, 15) is 0 Å². The summed E-state index contributed by atoms with van der Waals surface area (Å²) in [7, 11) is 2.26. The smallest absolute Gasteiger partial charge is 0.000661 e. The summed E-state index contributed by atoms with van der Waals surface area (Å²) < 4.78 is 0. The summed E-state index contributed by atoms with van der Waals surface area (Å²) in [5.74, 6) is 1.01. The number of hydrogen-bond acceptors (Lipinski definition) is 1. The van der Waals surface area contributed by atoms with Gasteiger partial charge < -0.3 is 4.90 Å². The number of rotatable bonds is 5. The van der Waals surface area contributed by atoms with Crippen LogP contribution in [-0.2, 0) is 0 Å². The predicted molar refractivity (Wildman–Crippen MR) is 59.0 cm³/mol. The molecule has 0 saturated carbocycles. The van der Waals surface area contributed by atoms with Crippen molar-refractivity contribution in [3.05, 3.63) is 0 Å². The van der Waals surface area contributed by atoms with E-state index in [2.05, 4.69) is 18.9 Å². The van der Waals surface area contributed by atoms with Crippen LogP contribution in [0.4, 0.5) is 0 Å². The van der Waals surface area contributed by atoms with Crippen LogP contribution in [0.5, 0.6) is 0 Å². The van der Waals surface area contributed by atoms with Gasteiger partial charge in [-0.2, -0.15) is 0 Å². The van der Waals surface area contributed by atoms with E-state index in [1.165, 1.54) is 58.0 Å². The normalized spacial score (nSPS) is 24.9. The summed E-state index contributed by atoms with van der Waals surface area (Å²) in [4.78, 5) is 2.49. The molecule has 0 amide bonds. The van der Waals surface area contributed by atoms with Gasteiger partial charge in [-0.1, -0.05) is 32.6 Å². The number of likely N-dealkylation sites (tertiary alicyclic amines) is 1. The Morgan fingerprint density at radius 2 is 2.08 bits per heavy atom. The Balaban J connectivity index is 2.00. The summed E-state index contributed by atoms with van der Waals surface area (Å²) in [6, 6.07) is 0. The molecular weight excluding hydrogens is 158 g/mol. The maximum absolute atomic E-state index is 2.49. The zero-order valence-electron chi connectivity index (χ0n) is 9.39. The van der Waals surface area contributed by atoms with Crippen LogP contribution in [0.15, 0.2) is 0 Å². The molecule has 1 fully saturated rings. The van der Waals surface area contributed by atoms with Crippen LogP contribution in [0.2, 0.25) is 0 Å². The van der Waals surface area contributed by atoms with Crippen molar-refractivity contribution in [2.24, 2.45) is 5.92 Å². The monoisotopic (exact) mass is 183 g/mol. The van der Waals surface area contributed by atoms with E-state index in [1.807, 2.05) is 0 Å². The Bertz CT molecular complexity index is 122. The molecule has 1 nitrogen and oxygen atoms in total. The minimum absolute atomic E-state index is 1.01. The summed E-state index contributed by atoms with van der Waals surface area (Å²) in [6.45, 7) is 4.96. The van der Waals surface area contributed by atoms with Crippen LogP contribution < -0.4 is 0 Å². The first-order valence-corrected chi connectivity index (χ1v) is 6.01. The van der Waals surface area contributed by atoms with Crippen molar-refractivity contribution in [1.82, 2.24) is 4.90 Å². The van der Waals surface area contributed by atoms with Gasteiger partial charge in [0.15, 0.2) is 0 Å². The third-order valence-corrected chi connectivity index (χ3v) is 3.19. The standard InChI is InChI=1S/C12H25N/c1-3-4-5-6-8-12-9-7-10-13(2)11-12/h12H,3-11H2,1-2H3. The summed E-state index contributed by atoms with van der Waals surface area (Å²) in [5, 5.41) is 0. The van der Waals surface area contributed by atoms with E-state index in [1.54, 1.807) is 0 Å². The SMILES string of the molecule is CCCCCCC1CCCN(C)C1. The molecule has 78 valence electrons. The highest BCUT2D eigenvalue weighted by molar-refractivity contribution is 4.70. The molecule has 1 unspecified atom stereocenters. The molecule has 1 aliphatic rings. The number of unbranched alkanes of at least 4 members (excludes halogenated alkanes) is 3. The average Bonchev–Trinajstić information content (AvgIpc) is 2.13. The molecule has 0 N–H and O–H groups in total. The second kappa shape index (κ2) is 6.42. The van der Waals surface area contributed by atoms with Crippen molar-refractivity contribution in [1.29, 1.82) is 0 Å². The average molecular weight is 183 g/mol. The first-order chi connectivity index (χ1) is 6.33. The van der Waals surface area contributed by atoms with Crippen molar-refractivity contribution in [3.8, 4) is 0 Å². The molecule has 1 atom stereocenters. The van der Waals surface area contributed by atoms with Crippen molar-refractivity contribution < 1.29 is 0 Å². The van der Waals surface area contributed by atoms with Crippen molar-refractivity contribution in [2.45, 2.75) is 51.9 Å². The van der Waals surface area contributed by atoms with E-state index in [4.69, 9.17) is 0 Å². The molecule has 1 heteroatoms. The topological polar surface area (TPSA) is 3.24 Å². The largest absolute Gasteiger partial charge is 0.306 e. The molecule has 0 spiro atoms. The van der Waals surface area contributed by atoms with Gasteiger partial charge in [0.05, 0.1) is 0 Å². The van der Waals surface area contributed by atoms with Gasteiger partial charge in [-0.05, 0) is 38.8 Å². The fourth-order valence-corrected chi connectivity index (χ4v) is 2.37. The minimum atomic E-state index is 1.01. The second-order valence-electron chi connectivity index (χ2n) is 4.62. The summed E-state index contributed by atoms with van der Waals surface area (Å²) in [5.41, 5.74) is 0. The molecule has 0 aliphatic carbocycles. The lowest BCUT2D eigenvalue weighted by atomic mass is 9.92. The summed E-state index contributed by atoms with van der Waals surface area (Å²) >= 11 is 0. The van der Waals surface area contributed by atoms with Gasteiger partial charge in [-0.25, -0.2) is 0 Å². The minimum Gasteiger partial charge on any atom is -0.306 e. The van der Waals surface area contributed by atoms with Crippen LogP contribution in [0.1, 0.15) is 51.9 Å². The number of hydrogen-bond donors (Lipinski definition) is 0. The van der Waals surface area contributed by atoms with Gasteiger partial charge in [-0.15, -0.1) is 0 Å². The maximum atomic E-state index is 2.49. The predicted octanol–water partition coefficient (Wildman–Crippen LogP) is 3.30. The Morgan fingerprint density at radius 1 is 1.23 bits per heavy atom. The van der Waals surface area contributed by atoms with Gasteiger partial charge in [0.1, 0.15) is 0 Å². The van der Waals surface area contributed by atoms with Gasteiger partial charge in [0.2, 0.25) is 0 Å². The first-order valence-electron chi connectivity index (χ1n) is 6.01. The Kier molecular flexibility index (Phi) is 5.45. The zero-order chi connectivity index (χ0) is 9.52. The van der Waals surface area contributed by atoms with Gasteiger partial charge in [0, 0.05) is 6.54 Å². The van der Waals surface area contributed by atoms with E-state index >= 15 is 0 Å². The van der Waals surface area contributed by atoms with Crippen LogP contribution in [-0.4, -0.2) is 25.0 Å². The molecule has 1 saturated heterocycles. The third kappa shape index (κ3) is 4.66. The lowest BCUT2D eigenvalue weighted by Crippen LogP contribution is -2.31. The number of piperidine rings is 1.